The number of rotatable bonds is 4. The molecule has 1 aliphatic heterocycles. The van der Waals surface area contributed by atoms with Crippen LogP contribution in [0.2, 0.25) is 0 Å². The molecule has 1 atom stereocenters. The van der Waals surface area contributed by atoms with Crippen molar-refractivity contribution >= 4 is 22.5 Å². The summed E-state index contributed by atoms with van der Waals surface area (Å²) in [6.07, 6.45) is 0. The predicted octanol–water partition coefficient (Wildman–Crippen LogP) is 3.20. The Balaban J connectivity index is 1.73. The van der Waals surface area contributed by atoms with Gasteiger partial charge in [-0.05, 0) is 37.3 Å². The smallest absolute Gasteiger partial charge is 0.256 e. The molecule has 1 aromatic heterocycles. The molecule has 0 spiro atoms. The molecule has 2 aromatic carbocycles. The number of anilines is 1. The molecule has 27 heavy (non-hydrogen) atoms. The lowest BCUT2D eigenvalue weighted by Gasteiger charge is -2.12. The number of nitrogens with zero attached hydrogens (tertiary/aromatic N) is 2. The van der Waals surface area contributed by atoms with Gasteiger partial charge in [-0.15, -0.1) is 0 Å². The van der Waals surface area contributed by atoms with Crippen molar-refractivity contribution in [3.63, 3.8) is 0 Å². The molecule has 7 heteroatoms. The zero-order chi connectivity index (χ0) is 19.0. The minimum atomic E-state index is -0.978. The molecular weight excluding hydrogens is 362 g/mol. The van der Waals surface area contributed by atoms with Crippen LogP contribution in [0.4, 0.5) is 5.82 Å². The maximum Gasteiger partial charge on any atom is 0.256 e. The van der Waals surface area contributed by atoms with E-state index in [4.69, 9.17) is 4.74 Å². The van der Waals surface area contributed by atoms with Crippen molar-refractivity contribution < 1.29 is 13.7 Å². The molecule has 0 radical (unpaired) electrons. The fraction of sp³-hybridized carbons (Fsp3) is 0.200. The van der Waals surface area contributed by atoms with Crippen LogP contribution < -0.4 is 10.1 Å². The summed E-state index contributed by atoms with van der Waals surface area (Å²) in [4.78, 5) is 12.8. The number of amides is 1. The first kappa shape index (κ1) is 17.5. The van der Waals surface area contributed by atoms with Crippen molar-refractivity contribution in [3.05, 3.63) is 70.9 Å². The highest BCUT2D eigenvalue weighted by Crippen LogP contribution is 2.31. The number of nitrogens with one attached hydrogen (secondary N) is 1. The fourth-order valence-corrected chi connectivity index (χ4v) is 4.34. The molecule has 0 fully saturated rings. The molecule has 1 N–H and O–H groups in total. The number of fused-ring (bicyclic) bond motifs is 1. The van der Waals surface area contributed by atoms with E-state index in [-0.39, 0.29) is 5.91 Å². The van der Waals surface area contributed by atoms with Crippen LogP contribution in [0.5, 0.6) is 5.75 Å². The van der Waals surface area contributed by atoms with Gasteiger partial charge in [-0.1, -0.05) is 23.8 Å². The maximum atomic E-state index is 12.8. The standard InChI is InChI=1S/C20H19N3O3S/c1-13-6-8-15(9-7-13)23-19(17-11-27(25)12-18(17)22-23)21-20(24)14-4-3-5-16(10-14)26-2/h3-10H,11-12H2,1-2H3,(H,21,24). The van der Waals surface area contributed by atoms with Gasteiger partial charge >= 0.3 is 0 Å². The highest BCUT2D eigenvalue weighted by molar-refractivity contribution is 7.83. The number of carbonyl (C=O) groups is 1. The molecule has 6 nitrogen and oxygen atoms in total. The van der Waals surface area contributed by atoms with Gasteiger partial charge in [-0.3, -0.25) is 9.00 Å². The van der Waals surface area contributed by atoms with Crippen LogP contribution in [0.3, 0.4) is 0 Å². The molecule has 138 valence electrons. The predicted molar refractivity (Wildman–Crippen MR) is 105 cm³/mol. The van der Waals surface area contributed by atoms with Crippen molar-refractivity contribution in [2.75, 3.05) is 12.4 Å². The van der Waals surface area contributed by atoms with E-state index in [1.807, 2.05) is 31.2 Å². The number of hydrogen-bond acceptors (Lipinski definition) is 4. The van der Waals surface area contributed by atoms with E-state index in [9.17, 15) is 9.00 Å². The third-order valence-corrected chi connectivity index (χ3v) is 5.72. The minimum absolute atomic E-state index is 0.261. The van der Waals surface area contributed by atoms with E-state index < -0.39 is 10.8 Å². The van der Waals surface area contributed by atoms with Gasteiger partial charge < -0.3 is 10.1 Å². The summed E-state index contributed by atoms with van der Waals surface area (Å²) in [5.41, 5.74) is 4.09. The van der Waals surface area contributed by atoms with Crippen LogP contribution in [0.25, 0.3) is 5.69 Å². The van der Waals surface area contributed by atoms with E-state index in [0.29, 0.717) is 28.6 Å². The van der Waals surface area contributed by atoms with E-state index >= 15 is 0 Å². The largest absolute Gasteiger partial charge is 0.497 e. The first-order chi connectivity index (χ1) is 13.0. The lowest BCUT2D eigenvalue weighted by molar-refractivity contribution is 0.102. The Morgan fingerprint density at radius 1 is 1.19 bits per heavy atom. The third-order valence-electron chi connectivity index (χ3n) is 4.51. The number of carbonyl (C=O) groups excluding carboxylic acids is 1. The summed E-state index contributed by atoms with van der Waals surface area (Å²) in [7, 11) is 0.583. The van der Waals surface area contributed by atoms with E-state index in [2.05, 4.69) is 10.4 Å². The summed E-state index contributed by atoms with van der Waals surface area (Å²) < 4.78 is 18.9. The Morgan fingerprint density at radius 3 is 2.70 bits per heavy atom. The van der Waals surface area contributed by atoms with Gasteiger partial charge in [0.2, 0.25) is 0 Å². The van der Waals surface area contributed by atoms with Gasteiger partial charge in [0.05, 0.1) is 30.0 Å². The minimum Gasteiger partial charge on any atom is -0.497 e. The van der Waals surface area contributed by atoms with Crippen LogP contribution in [0.15, 0.2) is 48.5 Å². The van der Waals surface area contributed by atoms with E-state index in [0.717, 1.165) is 22.5 Å². The van der Waals surface area contributed by atoms with Crippen molar-refractivity contribution in [1.82, 2.24) is 9.78 Å². The Kier molecular flexibility index (Phi) is 4.53. The van der Waals surface area contributed by atoms with Crippen molar-refractivity contribution in [2.24, 2.45) is 0 Å². The fourth-order valence-electron chi connectivity index (χ4n) is 3.07. The lowest BCUT2D eigenvalue weighted by atomic mass is 10.2. The highest BCUT2D eigenvalue weighted by atomic mass is 32.2. The summed E-state index contributed by atoms with van der Waals surface area (Å²) in [6.45, 7) is 2.02. The Hall–Kier alpha value is -2.93. The van der Waals surface area contributed by atoms with Crippen LogP contribution in [-0.4, -0.2) is 27.0 Å². The molecule has 3 aromatic rings. The number of methoxy groups -OCH3 is 1. The quantitative estimate of drug-likeness (QED) is 0.753. The molecule has 2 heterocycles. The van der Waals surface area contributed by atoms with Gasteiger partial charge in [-0.25, -0.2) is 4.68 Å². The topological polar surface area (TPSA) is 73.2 Å². The molecule has 0 aliphatic carbocycles. The molecular formula is C20H19N3O3S. The van der Waals surface area contributed by atoms with Crippen molar-refractivity contribution in [1.29, 1.82) is 0 Å². The Morgan fingerprint density at radius 2 is 1.96 bits per heavy atom. The molecule has 1 aliphatic rings. The average molecular weight is 381 g/mol. The number of aryl methyl sites for hydroxylation is 1. The zero-order valence-electron chi connectivity index (χ0n) is 15.1. The van der Waals surface area contributed by atoms with Crippen LogP contribution in [0, 0.1) is 6.92 Å². The van der Waals surface area contributed by atoms with Crippen molar-refractivity contribution in [3.8, 4) is 11.4 Å². The normalized spacial score (nSPS) is 15.4. The van der Waals surface area contributed by atoms with Gasteiger partial charge in [-0.2, -0.15) is 5.10 Å². The second-order valence-corrected chi connectivity index (χ2v) is 7.89. The molecule has 1 amide bonds. The molecule has 0 saturated heterocycles. The SMILES string of the molecule is COc1cccc(C(=O)Nc2c3c(nn2-c2ccc(C)cc2)CS(=O)C3)c1. The van der Waals surface area contributed by atoms with E-state index in [1.165, 1.54) is 0 Å². The van der Waals surface area contributed by atoms with Crippen LogP contribution >= 0.6 is 0 Å². The molecule has 0 saturated carbocycles. The number of hydrogen-bond donors (Lipinski definition) is 1. The zero-order valence-corrected chi connectivity index (χ0v) is 15.9. The molecule has 0 bridgehead atoms. The number of benzene rings is 2. The summed E-state index contributed by atoms with van der Waals surface area (Å²) in [5.74, 6) is 1.74. The first-order valence-electron chi connectivity index (χ1n) is 8.53. The summed E-state index contributed by atoms with van der Waals surface area (Å²) in [6, 6.07) is 14.9. The first-order valence-corrected chi connectivity index (χ1v) is 10.0. The van der Waals surface area contributed by atoms with Gasteiger partial charge in [0.1, 0.15) is 11.6 Å². The summed E-state index contributed by atoms with van der Waals surface area (Å²) >= 11 is 0. The monoisotopic (exact) mass is 381 g/mol. The van der Waals surface area contributed by atoms with Gasteiger partial charge in [0, 0.05) is 21.9 Å². The average Bonchev–Trinajstić information content (AvgIpc) is 3.19. The second kappa shape index (κ2) is 7.00. The Labute approximate surface area is 159 Å². The van der Waals surface area contributed by atoms with Gasteiger partial charge in [0.25, 0.3) is 5.91 Å². The maximum absolute atomic E-state index is 12.8. The number of ether oxygens (including phenoxy) is 1. The lowest BCUT2D eigenvalue weighted by Crippen LogP contribution is -2.16. The van der Waals surface area contributed by atoms with Gasteiger partial charge in [0.15, 0.2) is 0 Å². The van der Waals surface area contributed by atoms with Crippen molar-refractivity contribution in [2.45, 2.75) is 18.4 Å². The van der Waals surface area contributed by atoms with E-state index in [1.54, 1.807) is 36.1 Å². The highest BCUT2D eigenvalue weighted by Gasteiger charge is 2.28. The molecule has 1 unspecified atom stereocenters. The Bertz CT molecular complexity index is 1040. The van der Waals surface area contributed by atoms with Crippen LogP contribution in [0.1, 0.15) is 27.2 Å². The third kappa shape index (κ3) is 3.38. The van der Waals surface area contributed by atoms with Crippen LogP contribution in [-0.2, 0) is 22.3 Å². The number of aromatic nitrogens is 2. The second-order valence-electron chi connectivity index (χ2n) is 6.44. The molecule has 4 rings (SSSR count). The summed E-state index contributed by atoms with van der Waals surface area (Å²) in [5, 5.41) is 7.57.